The van der Waals surface area contributed by atoms with Crippen LogP contribution in [0.5, 0.6) is 0 Å². The molecule has 9 nitrogen and oxygen atoms in total. The van der Waals surface area contributed by atoms with Crippen molar-refractivity contribution in [1.29, 1.82) is 0 Å². The summed E-state index contributed by atoms with van der Waals surface area (Å²) in [6.45, 7) is -0.402. The number of rotatable bonds is 2. The minimum atomic E-state index is -1.21. The van der Waals surface area contributed by atoms with Crippen molar-refractivity contribution in [2.45, 2.75) is 24.5 Å². The highest BCUT2D eigenvalue weighted by atomic mass is 16.6. The first-order valence-electron chi connectivity index (χ1n) is 6.50. The Labute approximate surface area is 119 Å². The van der Waals surface area contributed by atoms with Crippen LogP contribution >= 0.6 is 0 Å². The second-order valence-corrected chi connectivity index (χ2v) is 5.20. The molecule has 2 aromatic rings. The topological polar surface area (TPSA) is 114 Å². The van der Waals surface area contributed by atoms with Gasteiger partial charge in [-0.25, -0.2) is 4.57 Å². The molecule has 0 aromatic carbocycles. The van der Waals surface area contributed by atoms with Gasteiger partial charge in [-0.3, -0.25) is 9.36 Å². The van der Waals surface area contributed by atoms with Crippen LogP contribution in [0.4, 0.5) is 0 Å². The van der Waals surface area contributed by atoms with Crippen LogP contribution < -0.4 is 10.1 Å². The first-order chi connectivity index (χ1) is 9.95. The minimum Gasteiger partial charge on any atom is -0.394 e. The van der Waals surface area contributed by atoms with Gasteiger partial charge in [-0.05, 0) is 0 Å². The van der Waals surface area contributed by atoms with Crippen molar-refractivity contribution in [3.8, 4) is 0 Å². The van der Waals surface area contributed by atoms with E-state index in [1.165, 1.54) is 6.33 Å². The Morgan fingerprint density at radius 3 is 2.76 bits per heavy atom. The number of fused-ring (bicyclic) bond motifs is 1. The van der Waals surface area contributed by atoms with Crippen molar-refractivity contribution < 1.29 is 24.6 Å². The first-order valence-corrected chi connectivity index (χ1v) is 6.50. The van der Waals surface area contributed by atoms with Crippen LogP contribution in [0.25, 0.3) is 11.2 Å². The van der Waals surface area contributed by atoms with Crippen molar-refractivity contribution in [3.63, 3.8) is 0 Å². The average molecular weight is 297 g/mol. The first kappa shape index (κ1) is 14.1. The third kappa shape index (κ3) is 1.97. The standard InChI is InChI=1S/C12H17N4O5/c1-14-4-13-10(20)7-11(14)16(5-15(7)2)12-9(19)8(18)6(3-17)21-12/h4-6,8-9,12,17-19H,3H2,1-2H3/q+1/t6-,8-,9-,12-/m1/s1. The number of hydrogen-bond acceptors (Lipinski definition) is 6. The van der Waals surface area contributed by atoms with Gasteiger partial charge in [0.25, 0.3) is 11.2 Å². The monoisotopic (exact) mass is 297 g/mol. The quantitative estimate of drug-likeness (QED) is 0.515. The van der Waals surface area contributed by atoms with Crippen LogP contribution in [-0.4, -0.2) is 54.4 Å². The summed E-state index contributed by atoms with van der Waals surface area (Å²) >= 11 is 0. The lowest BCUT2D eigenvalue weighted by molar-refractivity contribution is -0.646. The van der Waals surface area contributed by atoms with E-state index in [9.17, 15) is 15.0 Å². The molecule has 1 aliphatic heterocycles. The Balaban J connectivity index is 2.18. The van der Waals surface area contributed by atoms with Gasteiger partial charge in [0.15, 0.2) is 0 Å². The van der Waals surface area contributed by atoms with Crippen LogP contribution in [0.2, 0.25) is 0 Å². The van der Waals surface area contributed by atoms with E-state index >= 15 is 0 Å². The van der Waals surface area contributed by atoms with Gasteiger partial charge in [-0.1, -0.05) is 0 Å². The summed E-state index contributed by atoms with van der Waals surface area (Å²) in [5.41, 5.74) is 0.473. The third-order valence-electron chi connectivity index (χ3n) is 3.78. The lowest BCUT2D eigenvalue weighted by atomic mass is 10.1. The highest BCUT2D eigenvalue weighted by molar-refractivity contribution is 5.66. The van der Waals surface area contributed by atoms with E-state index in [1.807, 2.05) is 0 Å². The molecule has 21 heavy (non-hydrogen) atoms. The smallest absolute Gasteiger partial charge is 0.324 e. The molecule has 3 rings (SSSR count). The molecule has 4 atom stereocenters. The van der Waals surface area contributed by atoms with Gasteiger partial charge in [-0.15, -0.1) is 0 Å². The van der Waals surface area contributed by atoms with Crippen LogP contribution in [0.15, 0.2) is 17.4 Å². The summed E-state index contributed by atoms with van der Waals surface area (Å²) in [5, 5.41) is 29.1. The molecule has 0 aliphatic carbocycles. The maximum absolute atomic E-state index is 11.9. The van der Waals surface area contributed by atoms with Gasteiger partial charge in [0, 0.05) is 7.05 Å². The molecule has 0 saturated carbocycles. The molecule has 3 N–H and O–H groups in total. The molecule has 2 aromatic heterocycles. The number of imidazole rings is 1. The van der Waals surface area contributed by atoms with Gasteiger partial charge >= 0.3 is 5.56 Å². The van der Waals surface area contributed by atoms with Crippen molar-refractivity contribution in [2.24, 2.45) is 14.1 Å². The molecular formula is C12H17N4O5+. The Hall–Kier alpha value is -1.81. The number of aromatic nitrogens is 4. The van der Waals surface area contributed by atoms with E-state index in [2.05, 4.69) is 4.98 Å². The summed E-state index contributed by atoms with van der Waals surface area (Å²) in [7, 11) is 3.40. The molecule has 1 saturated heterocycles. The molecule has 0 bridgehead atoms. The number of aliphatic hydroxyl groups is 3. The average Bonchev–Trinajstić information content (AvgIpc) is 2.94. The summed E-state index contributed by atoms with van der Waals surface area (Å²) < 4.78 is 10.3. The van der Waals surface area contributed by atoms with E-state index in [-0.39, 0.29) is 0 Å². The summed E-state index contributed by atoms with van der Waals surface area (Å²) in [5.74, 6) is 0. The van der Waals surface area contributed by atoms with Crippen LogP contribution in [0.3, 0.4) is 0 Å². The Morgan fingerprint density at radius 2 is 2.14 bits per heavy atom. The summed E-state index contributed by atoms with van der Waals surface area (Å²) in [6.07, 6.45) is -1.19. The van der Waals surface area contributed by atoms with Gasteiger partial charge in [0.2, 0.25) is 12.6 Å². The van der Waals surface area contributed by atoms with E-state index in [1.54, 1.807) is 34.1 Å². The number of nitrogens with zero attached hydrogens (tertiary/aromatic N) is 4. The number of ether oxygens (including phenoxy) is 1. The van der Waals surface area contributed by atoms with E-state index in [0.717, 1.165) is 0 Å². The second-order valence-electron chi connectivity index (χ2n) is 5.20. The predicted molar refractivity (Wildman–Crippen MR) is 69.2 cm³/mol. The van der Waals surface area contributed by atoms with Crippen molar-refractivity contribution in [3.05, 3.63) is 23.0 Å². The molecule has 0 amide bonds. The number of aryl methyl sites for hydroxylation is 2. The maximum atomic E-state index is 11.9. The molecule has 0 radical (unpaired) electrons. The molecule has 0 spiro atoms. The van der Waals surface area contributed by atoms with Crippen LogP contribution in [0, 0.1) is 0 Å². The van der Waals surface area contributed by atoms with Crippen molar-refractivity contribution in [2.75, 3.05) is 6.61 Å². The maximum Gasteiger partial charge on any atom is 0.324 e. The molecular weight excluding hydrogens is 280 g/mol. The normalized spacial score (nSPS) is 29.4. The van der Waals surface area contributed by atoms with Crippen LogP contribution in [0.1, 0.15) is 6.23 Å². The van der Waals surface area contributed by atoms with E-state index < -0.39 is 36.7 Å². The zero-order valence-electron chi connectivity index (χ0n) is 11.6. The van der Waals surface area contributed by atoms with Gasteiger partial charge < -0.3 is 20.1 Å². The molecule has 114 valence electrons. The van der Waals surface area contributed by atoms with Crippen molar-refractivity contribution >= 4 is 11.2 Å². The second kappa shape index (κ2) is 4.88. The van der Waals surface area contributed by atoms with E-state index in [0.29, 0.717) is 11.2 Å². The SMILES string of the molecule is Cn1cnc(=O)c2c1n([C@@H]1O[C@H](CO)[C@@H](O)[C@H]1O)c[n+]2C. The van der Waals surface area contributed by atoms with Crippen molar-refractivity contribution in [1.82, 2.24) is 14.1 Å². The van der Waals surface area contributed by atoms with Gasteiger partial charge in [-0.2, -0.15) is 9.55 Å². The largest absolute Gasteiger partial charge is 0.394 e. The molecule has 1 aliphatic rings. The Morgan fingerprint density at radius 1 is 1.43 bits per heavy atom. The van der Waals surface area contributed by atoms with Crippen LogP contribution in [-0.2, 0) is 18.8 Å². The zero-order chi connectivity index (χ0) is 15.3. The lowest BCUT2D eigenvalue weighted by Crippen LogP contribution is -2.33. The fraction of sp³-hybridized carbons (Fsp3) is 0.583. The molecule has 1 fully saturated rings. The highest BCUT2D eigenvalue weighted by Gasteiger charge is 2.47. The Kier molecular flexibility index (Phi) is 3.29. The highest BCUT2D eigenvalue weighted by Crippen LogP contribution is 2.30. The fourth-order valence-electron chi connectivity index (χ4n) is 2.73. The van der Waals surface area contributed by atoms with E-state index in [4.69, 9.17) is 9.84 Å². The van der Waals surface area contributed by atoms with Gasteiger partial charge in [0.1, 0.15) is 24.6 Å². The zero-order valence-corrected chi connectivity index (χ0v) is 11.6. The molecule has 3 heterocycles. The molecule has 9 heteroatoms. The number of hydrogen-bond donors (Lipinski definition) is 3. The fourth-order valence-corrected chi connectivity index (χ4v) is 2.73. The molecule has 0 unspecified atom stereocenters. The van der Waals surface area contributed by atoms with Gasteiger partial charge in [0.05, 0.1) is 13.7 Å². The Bertz CT molecular complexity index is 739. The summed E-state index contributed by atoms with van der Waals surface area (Å²) in [6, 6.07) is 0. The minimum absolute atomic E-state index is 0.359. The summed E-state index contributed by atoms with van der Waals surface area (Å²) in [4.78, 5) is 15.6. The third-order valence-corrected chi connectivity index (χ3v) is 3.78. The lowest BCUT2D eigenvalue weighted by Gasteiger charge is -2.12. The number of aliphatic hydroxyl groups excluding tert-OH is 3. The predicted octanol–water partition coefficient (Wildman–Crippen LogP) is -2.83.